The number of methoxy groups -OCH3 is 1. The molecular weight excluding hydrogens is 589 g/mol. The summed E-state index contributed by atoms with van der Waals surface area (Å²) in [4.78, 5) is 0. The van der Waals surface area contributed by atoms with Crippen LogP contribution in [0.4, 0.5) is 0 Å². The molecule has 0 heterocycles. The summed E-state index contributed by atoms with van der Waals surface area (Å²) in [5.74, 6) is 0.788. The van der Waals surface area contributed by atoms with Crippen molar-refractivity contribution in [2.24, 2.45) is 11.8 Å². The second-order valence-electron chi connectivity index (χ2n) is 13.4. The van der Waals surface area contributed by atoms with E-state index in [1.165, 1.54) is 10.4 Å². The third-order valence-electron chi connectivity index (χ3n) is 8.88. The van der Waals surface area contributed by atoms with Crippen LogP contribution < -0.4 is 15.1 Å². The maximum Gasteiger partial charge on any atom is 0.261 e. The Bertz CT molecular complexity index is 1370. The summed E-state index contributed by atoms with van der Waals surface area (Å²) in [7, 11) is -1.21. The molecule has 0 saturated heterocycles. The first-order valence-corrected chi connectivity index (χ1v) is 18.3. The summed E-state index contributed by atoms with van der Waals surface area (Å²) >= 11 is 0. The Morgan fingerprint density at radius 2 is 1.17 bits per heavy atom. The van der Waals surface area contributed by atoms with Gasteiger partial charge in [0, 0.05) is 18.4 Å². The largest absolute Gasteiger partial charge is 0.497 e. The van der Waals surface area contributed by atoms with Gasteiger partial charge >= 0.3 is 0 Å². The van der Waals surface area contributed by atoms with E-state index in [0.29, 0.717) is 26.2 Å². The minimum atomic E-state index is -2.88. The molecule has 0 aliphatic carbocycles. The van der Waals surface area contributed by atoms with Crippen LogP contribution in [0.25, 0.3) is 0 Å². The molecule has 1 N–H and O–H groups in total. The van der Waals surface area contributed by atoms with E-state index in [0.717, 1.165) is 16.9 Å². The van der Waals surface area contributed by atoms with Crippen molar-refractivity contribution < 1.29 is 23.7 Å². The van der Waals surface area contributed by atoms with Gasteiger partial charge in [-0.2, -0.15) is 0 Å². The monoisotopic (exact) mass is 640 g/mol. The molecule has 46 heavy (non-hydrogen) atoms. The average molecular weight is 641 g/mol. The summed E-state index contributed by atoms with van der Waals surface area (Å²) in [5.41, 5.74) is 2.20. The van der Waals surface area contributed by atoms with Crippen LogP contribution in [-0.2, 0) is 27.1 Å². The van der Waals surface area contributed by atoms with Crippen molar-refractivity contribution in [2.75, 3.05) is 20.3 Å². The maximum atomic E-state index is 10.4. The standard InChI is InChI=1S/C40H52O5Si/c1-31(27-41)38(44-30-34-22-24-35(42-6)25-23-34)26-39(32(2)28-43-29-33-16-10-7-11-17-33)45-46(40(3,4)5,36-18-12-8-13-19-36)37-20-14-9-15-21-37/h7-25,31-32,38-39,41H,26-30H2,1-6H3/t31-,32+,38-,39-/m0/s1. The van der Waals surface area contributed by atoms with Crippen molar-refractivity contribution in [3.05, 3.63) is 126 Å². The SMILES string of the molecule is COc1ccc(CO[C@@H](C[C@H](O[Si](c2ccccc2)(c2ccccc2)C(C)(C)C)[C@H](C)COCc2ccccc2)[C@@H](C)CO)cc1. The van der Waals surface area contributed by atoms with Crippen LogP contribution in [0.5, 0.6) is 5.75 Å². The molecule has 4 aromatic rings. The molecule has 0 unspecified atom stereocenters. The van der Waals surface area contributed by atoms with Gasteiger partial charge in [-0.3, -0.25) is 0 Å². The first kappa shape index (κ1) is 35.6. The van der Waals surface area contributed by atoms with Crippen molar-refractivity contribution in [3.63, 3.8) is 0 Å². The molecule has 0 aliphatic heterocycles. The van der Waals surface area contributed by atoms with Gasteiger partial charge in [0.05, 0.1) is 39.1 Å². The highest BCUT2D eigenvalue weighted by molar-refractivity contribution is 6.99. The van der Waals surface area contributed by atoms with Crippen molar-refractivity contribution in [1.29, 1.82) is 0 Å². The van der Waals surface area contributed by atoms with Crippen molar-refractivity contribution in [2.45, 2.75) is 71.5 Å². The lowest BCUT2D eigenvalue weighted by Gasteiger charge is -2.47. The molecule has 6 heteroatoms. The minimum absolute atomic E-state index is 0.0259. The molecule has 0 aromatic heterocycles. The van der Waals surface area contributed by atoms with Gasteiger partial charge in [0.2, 0.25) is 0 Å². The number of ether oxygens (including phenoxy) is 3. The van der Waals surface area contributed by atoms with E-state index in [2.05, 4.69) is 107 Å². The Labute approximate surface area is 277 Å². The molecule has 5 nitrogen and oxygen atoms in total. The molecule has 0 amide bonds. The fourth-order valence-electron chi connectivity index (χ4n) is 6.10. The van der Waals surface area contributed by atoms with Crippen molar-refractivity contribution in [1.82, 2.24) is 0 Å². The van der Waals surface area contributed by atoms with Crippen LogP contribution in [0.1, 0.15) is 52.2 Å². The Kier molecular flexibility index (Phi) is 13.2. The van der Waals surface area contributed by atoms with Gasteiger partial charge < -0.3 is 23.7 Å². The third kappa shape index (κ3) is 9.17. The highest BCUT2D eigenvalue weighted by Crippen LogP contribution is 2.39. The number of hydrogen-bond donors (Lipinski definition) is 1. The zero-order chi connectivity index (χ0) is 33.0. The van der Waals surface area contributed by atoms with Gasteiger partial charge in [-0.05, 0) is 45.1 Å². The molecule has 0 bridgehead atoms. The van der Waals surface area contributed by atoms with Crippen LogP contribution in [-0.4, -0.2) is 46.0 Å². The first-order chi connectivity index (χ1) is 22.2. The second-order valence-corrected chi connectivity index (χ2v) is 17.6. The van der Waals surface area contributed by atoms with Crippen LogP contribution in [0.15, 0.2) is 115 Å². The number of benzene rings is 4. The molecule has 0 radical (unpaired) electrons. The van der Waals surface area contributed by atoms with E-state index in [4.69, 9.17) is 18.6 Å². The molecule has 0 aliphatic rings. The summed E-state index contributed by atoms with van der Waals surface area (Å²) in [6.07, 6.45) is 0.196. The van der Waals surface area contributed by atoms with Gasteiger partial charge in [0.25, 0.3) is 8.32 Å². The number of aliphatic hydroxyl groups is 1. The Morgan fingerprint density at radius 3 is 1.67 bits per heavy atom. The smallest absolute Gasteiger partial charge is 0.261 e. The van der Waals surface area contributed by atoms with E-state index in [1.807, 2.05) is 42.5 Å². The van der Waals surface area contributed by atoms with Gasteiger partial charge in [0.1, 0.15) is 5.75 Å². The number of hydrogen-bond acceptors (Lipinski definition) is 5. The van der Waals surface area contributed by atoms with Crippen LogP contribution in [0.2, 0.25) is 5.04 Å². The fraction of sp³-hybridized carbons (Fsp3) is 0.400. The minimum Gasteiger partial charge on any atom is -0.497 e. The Balaban J connectivity index is 1.69. The normalized spacial score (nSPS) is 14.8. The quantitative estimate of drug-likeness (QED) is 0.122. The molecule has 246 valence electrons. The fourth-order valence-corrected chi connectivity index (χ4v) is 10.9. The second kappa shape index (κ2) is 17.0. The maximum absolute atomic E-state index is 10.4. The van der Waals surface area contributed by atoms with Gasteiger partial charge in [0.15, 0.2) is 0 Å². The van der Waals surface area contributed by atoms with E-state index < -0.39 is 8.32 Å². The molecule has 0 fully saturated rings. The van der Waals surface area contributed by atoms with Crippen molar-refractivity contribution >= 4 is 18.7 Å². The number of aliphatic hydroxyl groups excluding tert-OH is 1. The van der Waals surface area contributed by atoms with Gasteiger partial charge in [-0.25, -0.2) is 0 Å². The lowest BCUT2D eigenvalue weighted by molar-refractivity contribution is -0.0515. The van der Waals surface area contributed by atoms with Crippen LogP contribution in [0, 0.1) is 11.8 Å². The van der Waals surface area contributed by atoms with Crippen LogP contribution in [0.3, 0.4) is 0 Å². The average Bonchev–Trinajstić information content (AvgIpc) is 3.08. The summed E-state index contributed by atoms with van der Waals surface area (Å²) in [6, 6.07) is 39.7. The van der Waals surface area contributed by atoms with E-state index in [9.17, 15) is 5.11 Å². The third-order valence-corrected chi connectivity index (χ3v) is 13.9. The molecule has 4 rings (SSSR count). The first-order valence-electron chi connectivity index (χ1n) is 16.4. The Morgan fingerprint density at radius 1 is 0.652 bits per heavy atom. The zero-order valence-corrected chi connectivity index (χ0v) is 29.4. The Hall–Kier alpha value is -3.26. The molecule has 0 saturated carbocycles. The highest BCUT2D eigenvalue weighted by Gasteiger charge is 2.52. The highest BCUT2D eigenvalue weighted by atomic mass is 28.4. The molecule has 0 spiro atoms. The molecule has 4 atom stereocenters. The summed E-state index contributed by atoms with van der Waals surface area (Å²) < 4.78 is 26.0. The molecular formula is C40H52O5Si. The van der Waals surface area contributed by atoms with E-state index in [-0.39, 0.29) is 35.7 Å². The summed E-state index contributed by atoms with van der Waals surface area (Å²) in [6.45, 7) is 12.7. The number of rotatable bonds is 17. The van der Waals surface area contributed by atoms with Gasteiger partial charge in [-0.1, -0.05) is 138 Å². The van der Waals surface area contributed by atoms with Crippen molar-refractivity contribution in [3.8, 4) is 5.75 Å². The predicted octanol–water partition coefficient (Wildman–Crippen LogP) is 7.40. The lowest BCUT2D eigenvalue weighted by atomic mass is 9.94. The topological polar surface area (TPSA) is 57.2 Å². The zero-order valence-electron chi connectivity index (χ0n) is 28.4. The molecule has 4 aromatic carbocycles. The predicted molar refractivity (Wildman–Crippen MR) is 190 cm³/mol. The van der Waals surface area contributed by atoms with Crippen LogP contribution >= 0.6 is 0 Å². The van der Waals surface area contributed by atoms with Gasteiger partial charge in [-0.15, -0.1) is 0 Å². The van der Waals surface area contributed by atoms with E-state index >= 15 is 0 Å². The van der Waals surface area contributed by atoms with E-state index in [1.54, 1.807) is 7.11 Å². The summed E-state index contributed by atoms with van der Waals surface area (Å²) in [5, 5.41) is 12.7. The lowest BCUT2D eigenvalue weighted by Crippen LogP contribution is -2.68.